The first kappa shape index (κ1) is 24.0. The van der Waals surface area contributed by atoms with Crippen LogP contribution in [-0.2, 0) is 13.1 Å². The number of guanidine groups is 1. The average molecular weight is 503 g/mol. The molecule has 0 aliphatic carbocycles. The Balaban J connectivity index is 0.00000392. The van der Waals surface area contributed by atoms with Crippen LogP contribution in [0.15, 0.2) is 41.7 Å². The summed E-state index contributed by atoms with van der Waals surface area (Å²) < 4.78 is 12.7. The Morgan fingerprint density at radius 1 is 1.29 bits per heavy atom. The minimum absolute atomic E-state index is 0. The van der Waals surface area contributed by atoms with E-state index in [1.165, 1.54) is 0 Å². The van der Waals surface area contributed by atoms with Gasteiger partial charge < -0.3 is 25.2 Å². The third-order valence-corrected chi connectivity index (χ3v) is 3.76. The zero-order valence-electron chi connectivity index (χ0n) is 16.4. The molecule has 0 aliphatic heterocycles. The SMILES string of the molecule is CCNC(=NCc1ccc(OCCO)c(OC)c1)NCCCn1cccn1.I. The molecule has 156 valence electrons. The number of hydrogen-bond donors (Lipinski definition) is 3. The molecule has 1 aromatic carbocycles. The summed E-state index contributed by atoms with van der Waals surface area (Å²) in [4.78, 5) is 4.62. The molecule has 2 aromatic rings. The lowest BCUT2D eigenvalue weighted by atomic mass is 10.2. The highest BCUT2D eigenvalue weighted by Crippen LogP contribution is 2.28. The number of ether oxygens (including phenoxy) is 2. The molecule has 9 heteroatoms. The number of aromatic nitrogens is 2. The van der Waals surface area contributed by atoms with Gasteiger partial charge in [0.05, 0.1) is 20.3 Å². The highest BCUT2D eigenvalue weighted by atomic mass is 127. The lowest BCUT2D eigenvalue weighted by Crippen LogP contribution is -2.38. The molecule has 0 aliphatic rings. The van der Waals surface area contributed by atoms with E-state index in [1.54, 1.807) is 13.3 Å². The zero-order valence-corrected chi connectivity index (χ0v) is 18.8. The van der Waals surface area contributed by atoms with Gasteiger partial charge in [-0.15, -0.1) is 24.0 Å². The number of hydrogen-bond acceptors (Lipinski definition) is 5. The van der Waals surface area contributed by atoms with Crippen LogP contribution in [-0.4, -0.2) is 54.3 Å². The van der Waals surface area contributed by atoms with Crippen LogP contribution in [0.1, 0.15) is 18.9 Å². The molecule has 0 radical (unpaired) electrons. The molecule has 0 saturated carbocycles. The van der Waals surface area contributed by atoms with Crippen LogP contribution >= 0.6 is 24.0 Å². The van der Waals surface area contributed by atoms with E-state index in [9.17, 15) is 0 Å². The molecule has 28 heavy (non-hydrogen) atoms. The maximum Gasteiger partial charge on any atom is 0.191 e. The number of aliphatic hydroxyl groups is 1. The van der Waals surface area contributed by atoms with Crippen molar-refractivity contribution in [3.05, 3.63) is 42.2 Å². The van der Waals surface area contributed by atoms with Crippen molar-refractivity contribution < 1.29 is 14.6 Å². The lowest BCUT2D eigenvalue weighted by molar-refractivity contribution is 0.196. The van der Waals surface area contributed by atoms with Crippen LogP contribution in [0, 0.1) is 0 Å². The van der Waals surface area contributed by atoms with Gasteiger partial charge in [0.2, 0.25) is 0 Å². The van der Waals surface area contributed by atoms with Crippen LogP contribution in [0.3, 0.4) is 0 Å². The van der Waals surface area contributed by atoms with Gasteiger partial charge in [-0.2, -0.15) is 5.10 Å². The average Bonchev–Trinajstić information content (AvgIpc) is 3.21. The molecule has 0 bridgehead atoms. The summed E-state index contributed by atoms with van der Waals surface area (Å²) in [5.74, 6) is 2.02. The lowest BCUT2D eigenvalue weighted by Gasteiger charge is -2.13. The van der Waals surface area contributed by atoms with E-state index in [1.807, 2.05) is 42.1 Å². The molecule has 0 fully saturated rings. The van der Waals surface area contributed by atoms with E-state index in [4.69, 9.17) is 14.6 Å². The molecule has 0 saturated heterocycles. The Morgan fingerprint density at radius 2 is 2.14 bits per heavy atom. The first-order valence-corrected chi connectivity index (χ1v) is 9.17. The van der Waals surface area contributed by atoms with Crippen molar-refractivity contribution in [3.8, 4) is 11.5 Å². The Kier molecular flexibility index (Phi) is 12.1. The second kappa shape index (κ2) is 14.1. The number of methoxy groups -OCH3 is 1. The first-order valence-electron chi connectivity index (χ1n) is 9.17. The van der Waals surface area contributed by atoms with Gasteiger partial charge in [0.25, 0.3) is 0 Å². The minimum Gasteiger partial charge on any atom is -0.493 e. The summed E-state index contributed by atoms with van der Waals surface area (Å²) >= 11 is 0. The molecule has 0 atom stereocenters. The molecule has 1 aromatic heterocycles. The Hall–Kier alpha value is -2.01. The van der Waals surface area contributed by atoms with Gasteiger partial charge >= 0.3 is 0 Å². The van der Waals surface area contributed by atoms with Crippen molar-refractivity contribution in [3.63, 3.8) is 0 Å². The largest absolute Gasteiger partial charge is 0.493 e. The first-order chi connectivity index (χ1) is 13.3. The number of halogens is 1. The van der Waals surface area contributed by atoms with Gasteiger partial charge in [-0.3, -0.25) is 4.68 Å². The van der Waals surface area contributed by atoms with E-state index < -0.39 is 0 Å². The monoisotopic (exact) mass is 503 g/mol. The molecule has 3 N–H and O–H groups in total. The van der Waals surface area contributed by atoms with Crippen molar-refractivity contribution in [2.75, 3.05) is 33.4 Å². The fourth-order valence-electron chi connectivity index (χ4n) is 2.48. The molecule has 8 nitrogen and oxygen atoms in total. The summed E-state index contributed by atoms with van der Waals surface area (Å²) in [7, 11) is 1.60. The second-order valence-electron chi connectivity index (χ2n) is 5.80. The summed E-state index contributed by atoms with van der Waals surface area (Å²) in [6, 6.07) is 7.61. The van der Waals surface area contributed by atoms with Crippen molar-refractivity contribution in [1.29, 1.82) is 0 Å². The van der Waals surface area contributed by atoms with Gasteiger partial charge in [-0.25, -0.2) is 4.99 Å². The topological polar surface area (TPSA) is 92.9 Å². The number of aryl methyl sites for hydroxylation is 1. The zero-order chi connectivity index (χ0) is 19.3. The van der Waals surface area contributed by atoms with Gasteiger partial charge in [-0.1, -0.05) is 6.07 Å². The Labute approximate surface area is 183 Å². The molecular formula is C19H30IN5O3. The van der Waals surface area contributed by atoms with Crippen molar-refractivity contribution in [1.82, 2.24) is 20.4 Å². The fourth-order valence-corrected chi connectivity index (χ4v) is 2.48. The predicted octanol–water partition coefficient (Wildman–Crippen LogP) is 2.03. The van der Waals surface area contributed by atoms with E-state index in [2.05, 4.69) is 20.7 Å². The van der Waals surface area contributed by atoms with Crippen LogP contribution in [0.5, 0.6) is 11.5 Å². The number of rotatable bonds is 11. The van der Waals surface area contributed by atoms with E-state index in [0.717, 1.165) is 37.6 Å². The number of nitrogens with one attached hydrogen (secondary N) is 2. The van der Waals surface area contributed by atoms with Crippen LogP contribution in [0.4, 0.5) is 0 Å². The normalized spacial score (nSPS) is 10.9. The van der Waals surface area contributed by atoms with Gasteiger partial charge in [-0.05, 0) is 37.1 Å². The number of benzene rings is 1. The third kappa shape index (κ3) is 8.34. The number of nitrogens with zero attached hydrogens (tertiary/aromatic N) is 3. The van der Waals surface area contributed by atoms with E-state index >= 15 is 0 Å². The third-order valence-electron chi connectivity index (χ3n) is 3.76. The number of aliphatic hydroxyl groups excluding tert-OH is 1. The fraction of sp³-hybridized carbons (Fsp3) is 0.474. The van der Waals surface area contributed by atoms with Crippen LogP contribution < -0.4 is 20.1 Å². The van der Waals surface area contributed by atoms with E-state index in [-0.39, 0.29) is 37.2 Å². The number of aliphatic imine (C=N–C) groups is 1. The quantitative estimate of drug-likeness (QED) is 0.188. The Morgan fingerprint density at radius 3 is 2.82 bits per heavy atom. The predicted molar refractivity (Wildman–Crippen MR) is 121 cm³/mol. The maximum absolute atomic E-state index is 8.88. The van der Waals surface area contributed by atoms with Gasteiger partial charge in [0.1, 0.15) is 6.61 Å². The highest BCUT2D eigenvalue weighted by Gasteiger charge is 2.06. The van der Waals surface area contributed by atoms with E-state index in [0.29, 0.717) is 18.0 Å². The summed E-state index contributed by atoms with van der Waals surface area (Å²) in [6.07, 6.45) is 4.70. The summed E-state index contributed by atoms with van der Waals surface area (Å²) in [5, 5.41) is 19.7. The standard InChI is InChI=1S/C19H29N5O3.HI/c1-3-20-19(21-8-4-10-24-11-5-9-23-24)22-15-16-6-7-17(27-13-12-25)18(14-16)26-2;/h5-7,9,11,14,25H,3-4,8,10,12-13,15H2,1-2H3,(H2,20,21,22);1H. The molecule has 1 heterocycles. The second-order valence-corrected chi connectivity index (χ2v) is 5.80. The molecule has 2 rings (SSSR count). The van der Waals surface area contributed by atoms with Crippen LogP contribution in [0.25, 0.3) is 0 Å². The van der Waals surface area contributed by atoms with Gasteiger partial charge in [0, 0.05) is 32.0 Å². The summed E-state index contributed by atoms with van der Waals surface area (Å²) in [5.41, 5.74) is 1.01. The molecule has 0 amide bonds. The Bertz CT molecular complexity index is 695. The van der Waals surface area contributed by atoms with Crippen molar-refractivity contribution in [2.45, 2.75) is 26.4 Å². The van der Waals surface area contributed by atoms with Crippen molar-refractivity contribution in [2.24, 2.45) is 4.99 Å². The van der Waals surface area contributed by atoms with Crippen LogP contribution in [0.2, 0.25) is 0 Å². The van der Waals surface area contributed by atoms with Gasteiger partial charge in [0.15, 0.2) is 17.5 Å². The summed E-state index contributed by atoms with van der Waals surface area (Å²) in [6.45, 7) is 5.23. The molecule has 0 unspecified atom stereocenters. The molecular weight excluding hydrogens is 473 g/mol. The van der Waals surface area contributed by atoms with Crippen molar-refractivity contribution >= 4 is 29.9 Å². The highest BCUT2D eigenvalue weighted by molar-refractivity contribution is 14.0. The smallest absolute Gasteiger partial charge is 0.191 e. The molecule has 0 spiro atoms. The maximum atomic E-state index is 8.88. The minimum atomic E-state index is -0.0344.